The van der Waals surface area contributed by atoms with E-state index in [4.69, 9.17) is 5.11 Å². The molecule has 9 heteroatoms. The lowest BCUT2D eigenvalue weighted by molar-refractivity contribution is -0.134. The highest BCUT2D eigenvalue weighted by molar-refractivity contribution is 7.99. The zero-order valence-electron chi connectivity index (χ0n) is 14.0. The normalized spacial score (nSPS) is 14.9. The fourth-order valence-corrected chi connectivity index (χ4v) is 3.29. The van der Waals surface area contributed by atoms with Crippen molar-refractivity contribution < 1.29 is 28.3 Å². The van der Waals surface area contributed by atoms with Crippen LogP contribution in [-0.2, 0) is 9.59 Å². The van der Waals surface area contributed by atoms with E-state index in [9.17, 15) is 23.2 Å². The third-order valence-corrected chi connectivity index (χ3v) is 5.03. The number of rotatable bonds is 7. The second-order valence-electron chi connectivity index (χ2n) is 5.93. The number of hydrogen-bond acceptors (Lipinski definition) is 4. The van der Waals surface area contributed by atoms with Crippen molar-refractivity contribution in [3.05, 3.63) is 35.4 Å². The number of hydrogen-bond donors (Lipinski definition) is 2. The maximum atomic E-state index is 13.7. The van der Waals surface area contributed by atoms with Crippen LogP contribution in [0, 0.1) is 17.6 Å². The molecule has 1 aliphatic heterocycles. The first kappa shape index (κ1) is 20.2. The van der Waals surface area contributed by atoms with E-state index in [1.165, 1.54) is 16.7 Å². The second kappa shape index (κ2) is 9.51. The van der Waals surface area contributed by atoms with E-state index in [2.05, 4.69) is 5.32 Å². The third-order valence-electron chi connectivity index (χ3n) is 4.09. The Kier molecular flexibility index (Phi) is 7.38. The molecule has 0 atom stereocenters. The molecule has 2 N–H and O–H groups in total. The molecule has 1 aliphatic rings. The smallest absolute Gasteiger partial charge is 0.313 e. The Morgan fingerprint density at radius 3 is 2.54 bits per heavy atom. The first-order chi connectivity index (χ1) is 12.4. The molecule has 142 valence electrons. The van der Waals surface area contributed by atoms with Crippen LogP contribution in [-0.4, -0.2) is 58.9 Å². The SMILES string of the molecule is O=C(O)CSCCNC(=O)C1CCN(C(=O)c2ccc(F)cc2F)CC1. The fourth-order valence-electron chi connectivity index (χ4n) is 2.73. The lowest BCUT2D eigenvalue weighted by Gasteiger charge is -2.31. The summed E-state index contributed by atoms with van der Waals surface area (Å²) in [5.41, 5.74) is -0.176. The number of carbonyl (C=O) groups is 3. The van der Waals surface area contributed by atoms with Crippen LogP contribution < -0.4 is 5.32 Å². The summed E-state index contributed by atoms with van der Waals surface area (Å²) in [6.45, 7) is 1.03. The Balaban J connectivity index is 1.76. The van der Waals surface area contributed by atoms with Gasteiger partial charge in [-0.05, 0) is 25.0 Å². The molecule has 1 aromatic rings. The average Bonchev–Trinajstić information content (AvgIpc) is 2.60. The maximum Gasteiger partial charge on any atom is 0.313 e. The number of likely N-dealkylation sites (tertiary alicyclic amines) is 1. The number of thioether (sulfide) groups is 1. The molecule has 26 heavy (non-hydrogen) atoms. The Bertz CT molecular complexity index is 679. The molecular weight excluding hydrogens is 366 g/mol. The van der Waals surface area contributed by atoms with Gasteiger partial charge in [-0.15, -0.1) is 11.8 Å². The molecule has 2 amide bonds. The summed E-state index contributed by atoms with van der Waals surface area (Å²) in [4.78, 5) is 36.3. The van der Waals surface area contributed by atoms with E-state index in [-0.39, 0.29) is 23.1 Å². The van der Waals surface area contributed by atoms with Gasteiger partial charge in [0, 0.05) is 37.4 Å². The third kappa shape index (κ3) is 5.69. The molecule has 0 saturated carbocycles. The van der Waals surface area contributed by atoms with Gasteiger partial charge < -0.3 is 15.3 Å². The zero-order valence-corrected chi connectivity index (χ0v) is 14.9. The fraction of sp³-hybridized carbons (Fsp3) is 0.471. The highest BCUT2D eigenvalue weighted by Gasteiger charge is 2.28. The van der Waals surface area contributed by atoms with Gasteiger partial charge in [0.2, 0.25) is 5.91 Å². The van der Waals surface area contributed by atoms with Crippen LogP contribution in [0.4, 0.5) is 8.78 Å². The van der Waals surface area contributed by atoms with Gasteiger partial charge in [-0.25, -0.2) is 8.78 Å². The zero-order chi connectivity index (χ0) is 19.1. The molecule has 1 saturated heterocycles. The van der Waals surface area contributed by atoms with Crippen molar-refractivity contribution in [3.63, 3.8) is 0 Å². The van der Waals surface area contributed by atoms with Crippen molar-refractivity contribution in [1.82, 2.24) is 10.2 Å². The standard InChI is InChI=1S/C17H20F2N2O4S/c18-12-1-2-13(14(19)9-12)17(25)21-6-3-11(4-7-21)16(24)20-5-8-26-10-15(22)23/h1-2,9,11H,3-8,10H2,(H,20,24)(H,22,23). The second-order valence-corrected chi connectivity index (χ2v) is 7.03. The topological polar surface area (TPSA) is 86.7 Å². The summed E-state index contributed by atoms with van der Waals surface area (Å²) >= 11 is 1.22. The van der Waals surface area contributed by atoms with E-state index < -0.39 is 23.5 Å². The monoisotopic (exact) mass is 386 g/mol. The van der Waals surface area contributed by atoms with Crippen LogP contribution in [0.1, 0.15) is 23.2 Å². The van der Waals surface area contributed by atoms with Crippen molar-refractivity contribution in [2.75, 3.05) is 31.1 Å². The summed E-state index contributed by atoms with van der Waals surface area (Å²) < 4.78 is 26.7. The molecule has 0 aliphatic carbocycles. The summed E-state index contributed by atoms with van der Waals surface area (Å²) in [6.07, 6.45) is 0.922. The van der Waals surface area contributed by atoms with Gasteiger partial charge in [0.15, 0.2) is 0 Å². The summed E-state index contributed by atoms with van der Waals surface area (Å²) in [5, 5.41) is 11.3. The van der Waals surface area contributed by atoms with Crippen molar-refractivity contribution >= 4 is 29.5 Å². The van der Waals surface area contributed by atoms with Crippen LogP contribution in [0.5, 0.6) is 0 Å². The highest BCUT2D eigenvalue weighted by Crippen LogP contribution is 2.20. The predicted octanol–water partition coefficient (Wildman–Crippen LogP) is 1.75. The molecule has 2 rings (SSSR count). The molecule has 1 heterocycles. The molecule has 0 bridgehead atoms. The van der Waals surface area contributed by atoms with Crippen LogP contribution >= 0.6 is 11.8 Å². The minimum Gasteiger partial charge on any atom is -0.481 e. The molecule has 0 radical (unpaired) electrons. The molecule has 0 aromatic heterocycles. The lowest BCUT2D eigenvalue weighted by atomic mass is 9.95. The number of amides is 2. The number of carboxylic acids is 1. The van der Waals surface area contributed by atoms with E-state index in [1.54, 1.807) is 0 Å². The van der Waals surface area contributed by atoms with Crippen molar-refractivity contribution in [2.45, 2.75) is 12.8 Å². The molecule has 1 aromatic carbocycles. The molecule has 0 spiro atoms. The molecule has 1 fully saturated rings. The number of carbonyl (C=O) groups excluding carboxylic acids is 2. The number of nitrogens with one attached hydrogen (secondary N) is 1. The highest BCUT2D eigenvalue weighted by atomic mass is 32.2. The Morgan fingerprint density at radius 1 is 1.23 bits per heavy atom. The maximum absolute atomic E-state index is 13.7. The van der Waals surface area contributed by atoms with Gasteiger partial charge in [0.1, 0.15) is 11.6 Å². The number of nitrogens with zero attached hydrogens (tertiary/aromatic N) is 1. The quantitative estimate of drug-likeness (QED) is 0.698. The minimum atomic E-state index is -0.895. The van der Waals surface area contributed by atoms with Crippen molar-refractivity contribution in [2.24, 2.45) is 5.92 Å². The van der Waals surface area contributed by atoms with Gasteiger partial charge in [-0.1, -0.05) is 0 Å². The Labute approximate surface area is 153 Å². The number of halogens is 2. The van der Waals surface area contributed by atoms with E-state index in [1.807, 2.05) is 0 Å². The number of aliphatic carboxylic acids is 1. The van der Waals surface area contributed by atoms with E-state index in [0.29, 0.717) is 44.3 Å². The van der Waals surface area contributed by atoms with Crippen LogP contribution in [0.25, 0.3) is 0 Å². The first-order valence-corrected chi connectivity index (χ1v) is 9.35. The Hall–Kier alpha value is -2.16. The van der Waals surface area contributed by atoms with Crippen molar-refractivity contribution in [3.8, 4) is 0 Å². The number of piperidine rings is 1. The first-order valence-electron chi connectivity index (χ1n) is 8.20. The lowest BCUT2D eigenvalue weighted by Crippen LogP contribution is -2.43. The van der Waals surface area contributed by atoms with Crippen molar-refractivity contribution in [1.29, 1.82) is 0 Å². The van der Waals surface area contributed by atoms with Gasteiger partial charge >= 0.3 is 5.97 Å². The summed E-state index contributed by atoms with van der Waals surface area (Å²) in [5.74, 6) is -2.88. The molecule has 6 nitrogen and oxygen atoms in total. The summed E-state index contributed by atoms with van der Waals surface area (Å²) in [7, 11) is 0. The van der Waals surface area contributed by atoms with Crippen LogP contribution in [0.3, 0.4) is 0 Å². The molecular formula is C17H20F2N2O4S. The number of benzene rings is 1. The van der Waals surface area contributed by atoms with Gasteiger partial charge in [-0.2, -0.15) is 0 Å². The Morgan fingerprint density at radius 2 is 1.92 bits per heavy atom. The van der Waals surface area contributed by atoms with E-state index in [0.717, 1.165) is 12.1 Å². The summed E-state index contributed by atoms with van der Waals surface area (Å²) in [6, 6.07) is 2.84. The average molecular weight is 386 g/mol. The van der Waals surface area contributed by atoms with Crippen LogP contribution in [0.2, 0.25) is 0 Å². The van der Waals surface area contributed by atoms with Gasteiger partial charge in [0.25, 0.3) is 5.91 Å². The number of carboxylic acid groups (broad SMARTS) is 1. The van der Waals surface area contributed by atoms with Gasteiger partial charge in [-0.3, -0.25) is 14.4 Å². The minimum absolute atomic E-state index is 0.00365. The van der Waals surface area contributed by atoms with Gasteiger partial charge in [0.05, 0.1) is 11.3 Å². The van der Waals surface area contributed by atoms with Crippen LogP contribution in [0.15, 0.2) is 18.2 Å². The largest absolute Gasteiger partial charge is 0.481 e. The predicted molar refractivity (Wildman–Crippen MR) is 93.0 cm³/mol. The molecule has 0 unspecified atom stereocenters. The van der Waals surface area contributed by atoms with E-state index >= 15 is 0 Å².